The minimum atomic E-state index is -0.558. The van der Waals surface area contributed by atoms with E-state index in [1.54, 1.807) is 0 Å². The van der Waals surface area contributed by atoms with Crippen molar-refractivity contribution < 1.29 is 9.31 Å². The van der Waals surface area contributed by atoms with Gasteiger partial charge in [-0.25, -0.2) is 4.39 Å². The molecule has 0 saturated heterocycles. The number of rotatable bonds is 3. The maximum Gasteiger partial charge on any atom is 0.274 e. The molecule has 0 aromatic heterocycles. The smallest absolute Gasteiger partial charge is 0.274 e. The van der Waals surface area contributed by atoms with Gasteiger partial charge in [-0.2, -0.15) is 0 Å². The number of non-ortho nitro benzene ring substituents is 1. The molecule has 1 aliphatic carbocycles. The van der Waals surface area contributed by atoms with Crippen LogP contribution < -0.4 is 4.90 Å². The zero-order valence-electron chi connectivity index (χ0n) is 12.2. The second-order valence-corrected chi connectivity index (χ2v) is 6.43. The number of benzene rings is 1. The van der Waals surface area contributed by atoms with Gasteiger partial charge in [0.05, 0.1) is 11.0 Å². The number of nitro groups is 1. The van der Waals surface area contributed by atoms with Crippen molar-refractivity contribution in [3.8, 4) is 0 Å². The maximum atomic E-state index is 13.5. The average Bonchev–Trinajstić information content (AvgIpc) is 2.37. The van der Waals surface area contributed by atoms with Gasteiger partial charge in [-0.3, -0.25) is 10.1 Å². The third-order valence-corrected chi connectivity index (χ3v) is 4.34. The molecule has 0 radical (unpaired) electrons. The lowest BCUT2D eigenvalue weighted by molar-refractivity contribution is -0.385. The van der Waals surface area contributed by atoms with Crippen molar-refractivity contribution in [2.45, 2.75) is 45.6 Å². The quantitative estimate of drug-likeness (QED) is 0.617. The minimum Gasteiger partial charge on any atom is -0.371 e. The average molecular weight is 280 g/mol. The van der Waals surface area contributed by atoms with Gasteiger partial charge in [0.2, 0.25) is 0 Å². The zero-order chi connectivity index (χ0) is 14.9. The molecule has 0 atom stereocenters. The van der Waals surface area contributed by atoms with E-state index in [2.05, 4.69) is 13.8 Å². The molecule has 2 rings (SSSR count). The van der Waals surface area contributed by atoms with Gasteiger partial charge in [0.25, 0.3) is 5.69 Å². The largest absolute Gasteiger partial charge is 0.371 e. The molecule has 1 aliphatic rings. The summed E-state index contributed by atoms with van der Waals surface area (Å²) in [7, 11) is 1.89. The van der Waals surface area contributed by atoms with Crippen molar-refractivity contribution in [2.75, 3.05) is 11.9 Å². The first-order valence-corrected chi connectivity index (χ1v) is 6.96. The summed E-state index contributed by atoms with van der Waals surface area (Å²) in [5.74, 6) is -0.558. The van der Waals surface area contributed by atoms with E-state index in [4.69, 9.17) is 0 Å². The first kappa shape index (κ1) is 14.8. The van der Waals surface area contributed by atoms with Gasteiger partial charge in [0.15, 0.2) is 0 Å². The van der Waals surface area contributed by atoms with Gasteiger partial charge in [0, 0.05) is 24.8 Å². The Labute approximate surface area is 118 Å². The van der Waals surface area contributed by atoms with Crippen LogP contribution in [0.2, 0.25) is 0 Å². The van der Waals surface area contributed by atoms with Crippen molar-refractivity contribution in [1.29, 1.82) is 0 Å². The summed E-state index contributed by atoms with van der Waals surface area (Å²) in [5.41, 5.74) is 0.759. The first-order chi connectivity index (χ1) is 9.28. The molecule has 4 nitrogen and oxygen atoms in total. The number of nitro benzene ring substituents is 1. The van der Waals surface area contributed by atoms with Gasteiger partial charge >= 0.3 is 0 Å². The van der Waals surface area contributed by atoms with E-state index in [-0.39, 0.29) is 5.69 Å². The van der Waals surface area contributed by atoms with Crippen LogP contribution in [0.3, 0.4) is 0 Å². The Bertz CT molecular complexity index is 507. The molecular weight excluding hydrogens is 259 g/mol. The summed E-state index contributed by atoms with van der Waals surface area (Å²) < 4.78 is 13.5. The molecule has 0 bridgehead atoms. The van der Waals surface area contributed by atoms with Crippen LogP contribution in [0.25, 0.3) is 0 Å². The fourth-order valence-corrected chi connectivity index (χ4v) is 2.85. The third kappa shape index (κ3) is 3.26. The van der Waals surface area contributed by atoms with Gasteiger partial charge < -0.3 is 4.90 Å². The molecular formula is C15H21FN2O2. The number of nitrogens with zero attached hydrogens (tertiary/aromatic N) is 2. The third-order valence-electron chi connectivity index (χ3n) is 4.34. The second kappa shape index (κ2) is 5.38. The maximum absolute atomic E-state index is 13.5. The van der Waals surface area contributed by atoms with Crippen molar-refractivity contribution in [1.82, 2.24) is 0 Å². The number of hydrogen-bond donors (Lipinski definition) is 0. The molecule has 0 unspecified atom stereocenters. The van der Waals surface area contributed by atoms with Crippen LogP contribution in [0, 0.1) is 21.3 Å². The van der Waals surface area contributed by atoms with Crippen LogP contribution in [0.4, 0.5) is 15.8 Å². The van der Waals surface area contributed by atoms with Crippen molar-refractivity contribution in [3.05, 3.63) is 34.1 Å². The highest BCUT2D eigenvalue weighted by atomic mass is 19.1. The zero-order valence-corrected chi connectivity index (χ0v) is 12.2. The molecule has 110 valence electrons. The molecule has 0 spiro atoms. The van der Waals surface area contributed by atoms with Crippen LogP contribution in [0.5, 0.6) is 0 Å². The van der Waals surface area contributed by atoms with Gasteiger partial charge in [0.1, 0.15) is 5.82 Å². The van der Waals surface area contributed by atoms with Crippen LogP contribution in [0.15, 0.2) is 18.2 Å². The highest BCUT2D eigenvalue weighted by Crippen LogP contribution is 2.38. The Morgan fingerprint density at radius 3 is 2.45 bits per heavy atom. The van der Waals surface area contributed by atoms with E-state index in [0.717, 1.165) is 31.7 Å². The normalized spacial score (nSPS) is 18.8. The SMILES string of the molecule is CN(c1cc(F)cc([N+](=O)[O-])c1)C1CCC(C)(C)CC1. The van der Waals surface area contributed by atoms with E-state index in [0.29, 0.717) is 17.1 Å². The molecule has 1 aromatic carbocycles. The summed E-state index contributed by atoms with van der Waals surface area (Å²) >= 11 is 0. The van der Waals surface area contributed by atoms with Gasteiger partial charge in [-0.1, -0.05) is 13.8 Å². The highest BCUT2D eigenvalue weighted by molar-refractivity contribution is 5.53. The molecule has 5 heteroatoms. The topological polar surface area (TPSA) is 46.4 Å². The minimum absolute atomic E-state index is 0.192. The summed E-state index contributed by atoms with van der Waals surface area (Å²) in [6.45, 7) is 4.52. The van der Waals surface area contributed by atoms with Crippen LogP contribution in [-0.4, -0.2) is 18.0 Å². The molecule has 1 fully saturated rings. The van der Waals surface area contributed by atoms with Crippen molar-refractivity contribution in [2.24, 2.45) is 5.41 Å². The molecule has 1 saturated carbocycles. The molecule has 0 N–H and O–H groups in total. The fourth-order valence-electron chi connectivity index (χ4n) is 2.85. The van der Waals surface area contributed by atoms with E-state index >= 15 is 0 Å². The van der Waals surface area contributed by atoms with Gasteiger partial charge in [-0.05, 0) is 37.2 Å². The fraction of sp³-hybridized carbons (Fsp3) is 0.600. The van der Waals surface area contributed by atoms with Crippen LogP contribution in [-0.2, 0) is 0 Å². The monoisotopic (exact) mass is 280 g/mol. The molecule has 0 amide bonds. The summed E-state index contributed by atoms with van der Waals surface area (Å²) in [6, 6.07) is 4.10. The first-order valence-electron chi connectivity index (χ1n) is 6.96. The van der Waals surface area contributed by atoms with Crippen LogP contribution >= 0.6 is 0 Å². The number of halogens is 1. The lowest BCUT2D eigenvalue weighted by Crippen LogP contribution is -2.37. The Kier molecular flexibility index (Phi) is 3.97. The summed E-state index contributed by atoms with van der Waals surface area (Å²) in [6.07, 6.45) is 4.32. The summed E-state index contributed by atoms with van der Waals surface area (Å²) in [5, 5.41) is 10.8. The predicted molar refractivity (Wildman–Crippen MR) is 77.5 cm³/mol. The Hall–Kier alpha value is -1.65. The Morgan fingerprint density at radius 2 is 1.90 bits per heavy atom. The second-order valence-electron chi connectivity index (χ2n) is 6.43. The van der Waals surface area contributed by atoms with E-state index in [1.165, 1.54) is 12.1 Å². The van der Waals surface area contributed by atoms with Crippen LogP contribution in [0.1, 0.15) is 39.5 Å². The standard InChI is InChI=1S/C15H21FN2O2/c1-15(2)6-4-12(5-7-15)17(3)13-8-11(16)9-14(10-13)18(19)20/h8-10,12H,4-7H2,1-3H3. The highest BCUT2D eigenvalue weighted by Gasteiger charge is 2.29. The predicted octanol–water partition coefficient (Wildman–Crippen LogP) is 4.14. The molecule has 0 heterocycles. The number of anilines is 1. The molecule has 0 aliphatic heterocycles. The Balaban J connectivity index is 2.17. The van der Waals surface area contributed by atoms with E-state index in [1.807, 2.05) is 11.9 Å². The summed E-state index contributed by atoms with van der Waals surface area (Å²) in [4.78, 5) is 12.2. The lowest BCUT2D eigenvalue weighted by atomic mass is 9.75. The number of hydrogen-bond acceptors (Lipinski definition) is 3. The molecule has 20 heavy (non-hydrogen) atoms. The Morgan fingerprint density at radius 1 is 1.30 bits per heavy atom. The van der Waals surface area contributed by atoms with Crippen molar-refractivity contribution >= 4 is 11.4 Å². The molecule has 1 aromatic rings. The van der Waals surface area contributed by atoms with Crippen molar-refractivity contribution in [3.63, 3.8) is 0 Å². The lowest BCUT2D eigenvalue weighted by Gasteiger charge is -2.39. The van der Waals surface area contributed by atoms with E-state index in [9.17, 15) is 14.5 Å². The van der Waals surface area contributed by atoms with E-state index < -0.39 is 10.7 Å². The van der Waals surface area contributed by atoms with Gasteiger partial charge in [-0.15, -0.1) is 0 Å².